The van der Waals surface area contributed by atoms with Crippen molar-refractivity contribution in [2.75, 3.05) is 0 Å². The van der Waals surface area contributed by atoms with Gasteiger partial charge < -0.3 is 15.2 Å². The fourth-order valence-electron chi connectivity index (χ4n) is 2.54. The molecule has 2 N–H and O–H groups in total. The lowest BCUT2D eigenvalue weighted by molar-refractivity contribution is 0.0127. The number of alkyl carbamates (subject to hydrolysis) is 1. The Kier molecular flexibility index (Phi) is 1.47. The van der Waals surface area contributed by atoms with E-state index < -0.39 is 23.8 Å². The molecule has 0 saturated carbocycles. The molecule has 0 radical (unpaired) electrons. The summed E-state index contributed by atoms with van der Waals surface area (Å²) in [5.74, 6) is 0. The maximum absolute atomic E-state index is 11.2. The Morgan fingerprint density at radius 2 is 2.20 bits per heavy atom. The molecule has 1 aromatic carbocycles. The number of hydrogen-bond acceptors (Lipinski definition) is 3. The first-order valence-corrected chi connectivity index (χ1v) is 4.89. The van der Waals surface area contributed by atoms with Crippen molar-refractivity contribution in [3.05, 3.63) is 35.4 Å². The lowest BCUT2D eigenvalue weighted by atomic mass is 9.93. The summed E-state index contributed by atoms with van der Waals surface area (Å²) in [6, 6.07) is 7.53. The second-order valence-corrected chi connectivity index (χ2v) is 4.19. The van der Waals surface area contributed by atoms with Crippen molar-refractivity contribution in [1.82, 2.24) is 5.32 Å². The molecule has 78 valence electrons. The molecule has 1 saturated heterocycles. The third kappa shape index (κ3) is 0.920. The first-order valence-electron chi connectivity index (χ1n) is 4.89. The van der Waals surface area contributed by atoms with Crippen LogP contribution in [0.4, 0.5) is 4.79 Å². The van der Waals surface area contributed by atoms with E-state index in [-0.39, 0.29) is 0 Å². The number of carbonyl (C=O) groups is 1. The van der Waals surface area contributed by atoms with Crippen molar-refractivity contribution in [3.63, 3.8) is 0 Å². The number of amides is 1. The van der Waals surface area contributed by atoms with Crippen molar-refractivity contribution in [3.8, 4) is 0 Å². The Hall–Kier alpha value is -1.55. The van der Waals surface area contributed by atoms with E-state index in [0.29, 0.717) is 0 Å². The zero-order valence-electron chi connectivity index (χ0n) is 8.23. The van der Waals surface area contributed by atoms with Crippen LogP contribution in [0.25, 0.3) is 0 Å². The van der Waals surface area contributed by atoms with Gasteiger partial charge >= 0.3 is 6.09 Å². The Balaban J connectivity index is 2.20. The molecule has 0 unspecified atom stereocenters. The van der Waals surface area contributed by atoms with Crippen molar-refractivity contribution in [2.45, 2.75) is 24.7 Å². The smallest absolute Gasteiger partial charge is 0.408 e. The molecule has 1 aliphatic heterocycles. The summed E-state index contributed by atoms with van der Waals surface area (Å²) < 4.78 is 5.08. The highest BCUT2D eigenvalue weighted by Crippen LogP contribution is 2.47. The summed E-state index contributed by atoms with van der Waals surface area (Å²) in [6.45, 7) is 1.87. The van der Waals surface area contributed by atoms with Gasteiger partial charge in [0.2, 0.25) is 0 Å². The van der Waals surface area contributed by atoms with E-state index in [4.69, 9.17) is 4.74 Å². The number of rotatable bonds is 0. The van der Waals surface area contributed by atoms with Crippen LogP contribution in [0.3, 0.4) is 0 Å². The molecule has 3 rings (SSSR count). The molecule has 4 heteroatoms. The summed E-state index contributed by atoms with van der Waals surface area (Å²) in [5, 5.41) is 12.8. The SMILES string of the molecule is C[C@]12NC(=O)O[C@H]1[C@@H](O)c1ccccc12. The van der Waals surface area contributed by atoms with Crippen molar-refractivity contribution < 1.29 is 14.6 Å². The average Bonchev–Trinajstić information content (AvgIpc) is 2.62. The minimum absolute atomic E-state index is 0.462. The molecule has 1 amide bonds. The molecule has 2 aliphatic rings. The van der Waals surface area contributed by atoms with E-state index in [0.717, 1.165) is 11.1 Å². The number of carbonyl (C=O) groups excluding carboxylic acids is 1. The molecule has 4 nitrogen and oxygen atoms in total. The van der Waals surface area contributed by atoms with E-state index in [1.165, 1.54) is 0 Å². The van der Waals surface area contributed by atoms with Gasteiger partial charge in [-0.3, -0.25) is 0 Å². The highest BCUT2D eigenvalue weighted by atomic mass is 16.6. The van der Waals surface area contributed by atoms with E-state index >= 15 is 0 Å². The van der Waals surface area contributed by atoms with Crippen LogP contribution < -0.4 is 5.32 Å². The number of aliphatic hydroxyl groups excluding tert-OH is 1. The molecule has 0 bridgehead atoms. The number of benzene rings is 1. The minimum Gasteiger partial charge on any atom is -0.440 e. The molecule has 1 fully saturated rings. The van der Waals surface area contributed by atoms with Gasteiger partial charge in [-0.1, -0.05) is 24.3 Å². The molecule has 1 aromatic rings. The van der Waals surface area contributed by atoms with E-state index in [2.05, 4.69) is 5.32 Å². The first-order chi connectivity index (χ1) is 7.13. The van der Waals surface area contributed by atoms with Crippen LogP contribution in [0.1, 0.15) is 24.2 Å². The molecule has 0 spiro atoms. The largest absolute Gasteiger partial charge is 0.440 e. The standard InChI is InChI=1S/C11H11NO3/c1-11-7-5-3-2-4-6(7)8(13)9(11)15-10(14)12-11/h2-5,8-9,13H,1H3,(H,12,14)/t8-,9-,11+/m0/s1. The van der Waals surface area contributed by atoms with Gasteiger partial charge in [0.1, 0.15) is 11.6 Å². The van der Waals surface area contributed by atoms with Gasteiger partial charge in [0.05, 0.1) is 0 Å². The summed E-state index contributed by atoms with van der Waals surface area (Å²) in [4.78, 5) is 11.2. The maximum Gasteiger partial charge on any atom is 0.408 e. The summed E-state index contributed by atoms with van der Waals surface area (Å²) >= 11 is 0. The normalized spacial score (nSPS) is 36.8. The summed E-state index contributed by atoms with van der Waals surface area (Å²) in [6.07, 6.45) is -1.70. The predicted molar refractivity (Wildman–Crippen MR) is 52.2 cm³/mol. The Morgan fingerprint density at radius 3 is 3.00 bits per heavy atom. The van der Waals surface area contributed by atoms with Crippen LogP contribution in [0.2, 0.25) is 0 Å². The monoisotopic (exact) mass is 205 g/mol. The van der Waals surface area contributed by atoms with Crippen LogP contribution in [-0.4, -0.2) is 17.3 Å². The summed E-state index contributed by atoms with van der Waals surface area (Å²) in [5.41, 5.74) is 1.19. The van der Waals surface area contributed by atoms with Gasteiger partial charge in [-0.15, -0.1) is 0 Å². The van der Waals surface area contributed by atoms with E-state index in [1.54, 1.807) is 0 Å². The van der Waals surface area contributed by atoms with Gasteiger partial charge in [0, 0.05) is 0 Å². The molecule has 15 heavy (non-hydrogen) atoms. The van der Waals surface area contributed by atoms with E-state index in [1.807, 2.05) is 31.2 Å². The van der Waals surface area contributed by atoms with E-state index in [9.17, 15) is 9.90 Å². The van der Waals surface area contributed by atoms with Gasteiger partial charge in [-0.2, -0.15) is 0 Å². The minimum atomic E-state index is -0.731. The number of fused-ring (bicyclic) bond motifs is 3. The van der Waals surface area contributed by atoms with Crippen LogP contribution in [0.5, 0.6) is 0 Å². The van der Waals surface area contributed by atoms with Crippen LogP contribution in [-0.2, 0) is 10.3 Å². The van der Waals surface area contributed by atoms with Crippen molar-refractivity contribution in [1.29, 1.82) is 0 Å². The first kappa shape index (κ1) is 8.73. The lowest BCUT2D eigenvalue weighted by Crippen LogP contribution is -2.40. The summed E-state index contributed by atoms with van der Waals surface area (Å²) in [7, 11) is 0. The Bertz CT molecular complexity index is 445. The molecule has 1 aliphatic carbocycles. The quantitative estimate of drug-likeness (QED) is 0.665. The molecule has 0 aromatic heterocycles. The molecule has 1 heterocycles. The Morgan fingerprint density at radius 1 is 1.47 bits per heavy atom. The van der Waals surface area contributed by atoms with Crippen LogP contribution >= 0.6 is 0 Å². The van der Waals surface area contributed by atoms with Gasteiger partial charge in [-0.25, -0.2) is 4.79 Å². The molecule has 3 atom stereocenters. The van der Waals surface area contributed by atoms with Gasteiger partial charge in [0.15, 0.2) is 6.10 Å². The molecular formula is C11H11NO3. The number of nitrogens with one attached hydrogen (secondary N) is 1. The van der Waals surface area contributed by atoms with Gasteiger partial charge in [0.25, 0.3) is 0 Å². The van der Waals surface area contributed by atoms with Gasteiger partial charge in [-0.05, 0) is 18.1 Å². The lowest BCUT2D eigenvalue weighted by Gasteiger charge is -2.22. The second kappa shape index (κ2) is 2.52. The van der Waals surface area contributed by atoms with Crippen LogP contribution in [0.15, 0.2) is 24.3 Å². The zero-order chi connectivity index (χ0) is 10.6. The number of aliphatic hydroxyl groups is 1. The number of ether oxygens (including phenoxy) is 1. The fraction of sp³-hybridized carbons (Fsp3) is 0.364. The zero-order valence-corrected chi connectivity index (χ0v) is 8.23. The number of hydrogen-bond donors (Lipinski definition) is 2. The van der Waals surface area contributed by atoms with Crippen molar-refractivity contribution in [2.24, 2.45) is 0 Å². The predicted octanol–water partition coefficient (Wildman–Crippen LogP) is 1.06. The van der Waals surface area contributed by atoms with Crippen LogP contribution in [0, 0.1) is 0 Å². The highest BCUT2D eigenvalue weighted by molar-refractivity contribution is 5.73. The molecular weight excluding hydrogens is 194 g/mol. The topological polar surface area (TPSA) is 58.6 Å². The highest BCUT2D eigenvalue weighted by Gasteiger charge is 2.56. The fourth-order valence-corrected chi connectivity index (χ4v) is 2.54. The third-order valence-electron chi connectivity index (χ3n) is 3.29. The average molecular weight is 205 g/mol. The maximum atomic E-state index is 11.2. The van der Waals surface area contributed by atoms with Crippen molar-refractivity contribution >= 4 is 6.09 Å². The third-order valence-corrected chi connectivity index (χ3v) is 3.29. The second-order valence-electron chi connectivity index (χ2n) is 4.19. The Labute approximate surface area is 86.9 Å².